The maximum absolute atomic E-state index is 13.7. The molecule has 1 N–H and O–H groups in total. The van der Waals surface area contributed by atoms with E-state index >= 15 is 0 Å². The number of nitrogens with zero attached hydrogens (tertiary/aromatic N) is 1. The maximum Gasteiger partial charge on any atom is 0.243 e. The summed E-state index contributed by atoms with van der Waals surface area (Å²) in [6.45, 7) is 6.40. The number of nitrogens with one attached hydrogen (secondary N) is 1. The number of halogens is 1. The monoisotopic (exact) mass is 522 g/mol. The van der Waals surface area contributed by atoms with Gasteiger partial charge < -0.3 is 10.2 Å². The normalized spacial score (nSPS) is 12.6. The minimum Gasteiger partial charge on any atom is -0.352 e. The zero-order valence-electron chi connectivity index (χ0n) is 21.2. The van der Waals surface area contributed by atoms with Crippen molar-refractivity contribution in [3.05, 3.63) is 101 Å². The SMILES string of the molecule is CC[C@H](C)NC(=O)[C@H](Cc1ccccc1)N(Cc1cccc(Cl)c1)C(=O)CCSc1ccc(C)cc1. The summed E-state index contributed by atoms with van der Waals surface area (Å²) in [5.74, 6) is 0.462. The third-order valence-corrected chi connectivity index (χ3v) is 7.37. The van der Waals surface area contributed by atoms with E-state index in [1.165, 1.54) is 5.56 Å². The van der Waals surface area contributed by atoms with Crippen molar-refractivity contribution in [1.82, 2.24) is 10.2 Å². The van der Waals surface area contributed by atoms with Crippen molar-refractivity contribution in [3.8, 4) is 0 Å². The predicted octanol–water partition coefficient (Wildman–Crippen LogP) is 6.69. The Hall–Kier alpha value is -2.76. The van der Waals surface area contributed by atoms with Gasteiger partial charge in [0.1, 0.15) is 6.04 Å². The number of hydrogen-bond donors (Lipinski definition) is 1. The van der Waals surface area contributed by atoms with Gasteiger partial charge in [0, 0.05) is 41.1 Å². The molecule has 0 fully saturated rings. The van der Waals surface area contributed by atoms with Crippen LogP contribution in [0.4, 0.5) is 0 Å². The lowest BCUT2D eigenvalue weighted by Crippen LogP contribution is -2.52. The highest BCUT2D eigenvalue weighted by Gasteiger charge is 2.30. The van der Waals surface area contributed by atoms with Gasteiger partial charge in [-0.2, -0.15) is 0 Å². The first-order valence-corrected chi connectivity index (χ1v) is 13.8. The molecule has 4 nitrogen and oxygen atoms in total. The second kappa shape index (κ2) is 14.1. The van der Waals surface area contributed by atoms with Crippen LogP contribution in [0.5, 0.6) is 0 Å². The van der Waals surface area contributed by atoms with Crippen molar-refractivity contribution >= 4 is 35.2 Å². The van der Waals surface area contributed by atoms with E-state index in [-0.39, 0.29) is 17.9 Å². The summed E-state index contributed by atoms with van der Waals surface area (Å²) in [6, 6.07) is 25.0. The van der Waals surface area contributed by atoms with Crippen molar-refractivity contribution in [2.75, 3.05) is 5.75 Å². The third kappa shape index (κ3) is 8.72. The fourth-order valence-corrected chi connectivity index (χ4v) is 4.92. The predicted molar refractivity (Wildman–Crippen MR) is 150 cm³/mol. The second-order valence-corrected chi connectivity index (χ2v) is 10.7. The molecule has 2 amide bonds. The fourth-order valence-electron chi connectivity index (χ4n) is 3.86. The standard InChI is InChI=1S/C30H35ClN2O2S/c1-4-23(3)32-30(35)28(20-24-9-6-5-7-10-24)33(21-25-11-8-12-26(31)19-25)29(34)17-18-36-27-15-13-22(2)14-16-27/h5-16,19,23,28H,4,17-18,20-21H2,1-3H3,(H,32,35)/t23-,28-/m0/s1. The molecular formula is C30H35ClN2O2S. The van der Waals surface area contributed by atoms with E-state index in [9.17, 15) is 9.59 Å². The van der Waals surface area contributed by atoms with E-state index in [0.717, 1.165) is 22.4 Å². The van der Waals surface area contributed by atoms with Crippen LogP contribution in [0.1, 0.15) is 43.4 Å². The fraction of sp³-hybridized carbons (Fsp3) is 0.333. The van der Waals surface area contributed by atoms with E-state index in [1.54, 1.807) is 16.7 Å². The van der Waals surface area contributed by atoms with E-state index in [1.807, 2.05) is 68.4 Å². The Kier molecular flexibility index (Phi) is 10.9. The largest absolute Gasteiger partial charge is 0.352 e. The van der Waals surface area contributed by atoms with Gasteiger partial charge in [-0.1, -0.05) is 78.7 Å². The Labute approximate surface area is 224 Å². The van der Waals surface area contributed by atoms with Gasteiger partial charge in [-0.25, -0.2) is 0 Å². The number of benzene rings is 3. The van der Waals surface area contributed by atoms with E-state index in [4.69, 9.17) is 11.6 Å². The lowest BCUT2D eigenvalue weighted by atomic mass is 10.0. The first-order chi connectivity index (χ1) is 17.4. The zero-order valence-corrected chi connectivity index (χ0v) is 22.8. The maximum atomic E-state index is 13.7. The average molecular weight is 523 g/mol. The first kappa shape index (κ1) is 27.8. The van der Waals surface area contributed by atoms with Crippen LogP contribution in [0, 0.1) is 6.92 Å². The Morgan fingerprint density at radius 3 is 2.33 bits per heavy atom. The summed E-state index contributed by atoms with van der Waals surface area (Å²) in [6.07, 6.45) is 1.60. The molecule has 0 saturated heterocycles. The lowest BCUT2D eigenvalue weighted by Gasteiger charge is -2.32. The minimum absolute atomic E-state index is 0.0241. The Morgan fingerprint density at radius 1 is 0.972 bits per heavy atom. The molecule has 0 unspecified atom stereocenters. The Bertz CT molecular complexity index is 1120. The van der Waals surface area contributed by atoms with Gasteiger partial charge in [0.25, 0.3) is 0 Å². The Morgan fingerprint density at radius 2 is 1.67 bits per heavy atom. The number of amides is 2. The van der Waals surface area contributed by atoms with Crippen molar-refractivity contribution in [3.63, 3.8) is 0 Å². The van der Waals surface area contributed by atoms with Crippen LogP contribution in [0.15, 0.2) is 83.8 Å². The molecule has 0 heterocycles. The van der Waals surface area contributed by atoms with Gasteiger partial charge in [-0.05, 0) is 55.7 Å². The van der Waals surface area contributed by atoms with Gasteiger partial charge >= 0.3 is 0 Å². The molecule has 6 heteroatoms. The molecule has 0 radical (unpaired) electrons. The third-order valence-electron chi connectivity index (χ3n) is 6.12. The van der Waals surface area contributed by atoms with Crippen LogP contribution in [0.25, 0.3) is 0 Å². The topological polar surface area (TPSA) is 49.4 Å². The van der Waals surface area contributed by atoms with Crippen molar-refractivity contribution < 1.29 is 9.59 Å². The molecule has 3 rings (SSSR count). The van der Waals surface area contributed by atoms with Crippen molar-refractivity contribution in [2.45, 2.75) is 63.6 Å². The molecule has 0 aliphatic carbocycles. The number of hydrogen-bond acceptors (Lipinski definition) is 3. The number of aryl methyl sites for hydroxylation is 1. The highest BCUT2D eigenvalue weighted by Crippen LogP contribution is 2.22. The average Bonchev–Trinajstić information content (AvgIpc) is 2.87. The van der Waals surface area contributed by atoms with Crippen molar-refractivity contribution in [1.29, 1.82) is 0 Å². The number of thioether (sulfide) groups is 1. The molecule has 2 atom stereocenters. The van der Waals surface area contributed by atoms with E-state index in [0.29, 0.717) is 30.2 Å². The van der Waals surface area contributed by atoms with Crippen LogP contribution in [0.3, 0.4) is 0 Å². The summed E-state index contributed by atoms with van der Waals surface area (Å²) in [5, 5.41) is 3.72. The summed E-state index contributed by atoms with van der Waals surface area (Å²) in [5.41, 5.74) is 3.12. The number of carbonyl (C=O) groups excluding carboxylic acids is 2. The zero-order chi connectivity index (χ0) is 25.9. The van der Waals surface area contributed by atoms with Gasteiger partial charge in [-0.15, -0.1) is 11.8 Å². The molecule has 3 aromatic carbocycles. The smallest absolute Gasteiger partial charge is 0.243 e. The first-order valence-electron chi connectivity index (χ1n) is 12.4. The summed E-state index contributed by atoms with van der Waals surface area (Å²) in [7, 11) is 0. The summed E-state index contributed by atoms with van der Waals surface area (Å²) < 4.78 is 0. The van der Waals surface area contributed by atoms with Crippen molar-refractivity contribution in [2.24, 2.45) is 0 Å². The summed E-state index contributed by atoms with van der Waals surface area (Å²) in [4.78, 5) is 30.0. The molecule has 0 bridgehead atoms. The molecule has 0 aliphatic heterocycles. The molecule has 0 spiro atoms. The molecule has 3 aromatic rings. The number of carbonyl (C=O) groups is 2. The number of rotatable bonds is 12. The van der Waals surface area contributed by atoms with Crippen LogP contribution in [0.2, 0.25) is 5.02 Å². The van der Waals surface area contributed by atoms with Gasteiger partial charge in [0.15, 0.2) is 0 Å². The second-order valence-electron chi connectivity index (χ2n) is 9.09. The van der Waals surface area contributed by atoms with Crippen LogP contribution >= 0.6 is 23.4 Å². The molecule has 190 valence electrons. The Balaban J connectivity index is 1.85. The van der Waals surface area contributed by atoms with E-state index < -0.39 is 6.04 Å². The van der Waals surface area contributed by atoms with Crippen LogP contribution in [-0.2, 0) is 22.6 Å². The molecule has 36 heavy (non-hydrogen) atoms. The van der Waals surface area contributed by atoms with Gasteiger partial charge in [-0.3, -0.25) is 9.59 Å². The van der Waals surface area contributed by atoms with Gasteiger partial charge in [0.05, 0.1) is 0 Å². The molecular weight excluding hydrogens is 488 g/mol. The molecule has 0 aliphatic rings. The molecule has 0 aromatic heterocycles. The lowest BCUT2D eigenvalue weighted by molar-refractivity contribution is -0.141. The van der Waals surface area contributed by atoms with Crippen LogP contribution < -0.4 is 5.32 Å². The highest BCUT2D eigenvalue weighted by atomic mass is 35.5. The summed E-state index contributed by atoms with van der Waals surface area (Å²) >= 11 is 7.90. The van der Waals surface area contributed by atoms with Crippen LogP contribution in [-0.4, -0.2) is 34.6 Å². The van der Waals surface area contributed by atoms with Gasteiger partial charge in [0.2, 0.25) is 11.8 Å². The highest BCUT2D eigenvalue weighted by molar-refractivity contribution is 7.99. The minimum atomic E-state index is -0.628. The van der Waals surface area contributed by atoms with E-state index in [2.05, 4.69) is 36.5 Å². The quantitative estimate of drug-likeness (QED) is 0.270. The molecule has 0 saturated carbocycles.